The van der Waals surface area contributed by atoms with Crippen molar-refractivity contribution in [1.82, 2.24) is 19.1 Å². The molecule has 0 radical (unpaired) electrons. The van der Waals surface area contributed by atoms with Gasteiger partial charge in [-0.05, 0) is 115 Å². The smallest absolute Gasteiger partial charge is 0.399 e. The summed E-state index contributed by atoms with van der Waals surface area (Å²) < 4.78 is 17.7. The summed E-state index contributed by atoms with van der Waals surface area (Å²) in [6.45, 7) is 8.43. The zero-order chi connectivity index (χ0) is 41.6. The molecule has 0 saturated carbocycles. The molecule has 0 unspecified atom stereocenters. The van der Waals surface area contributed by atoms with Gasteiger partial charge in [0.2, 0.25) is 0 Å². The Balaban J connectivity index is 1.04. The zero-order valence-corrected chi connectivity index (χ0v) is 35.0. The predicted octanol–water partition coefficient (Wildman–Crippen LogP) is 12.6. The number of hydrogen-bond acceptors (Lipinski definition) is 4. The minimum absolute atomic E-state index is 0.485. The number of imidazole rings is 2. The molecule has 0 bridgehead atoms. The summed E-state index contributed by atoms with van der Waals surface area (Å²) in [4.78, 5) is 9.49. The Bertz CT molecular complexity index is 2900. The SMILES string of the molecule is CC1(C)OB(c2cc(-c3ccccc3-c3ccc(-c4nccn4C4=CCCC=C4)cc3)cc(-c3ccccc3-c3ccc(-c4nccn4-c4ccccc4)cc3)c2)OC1(C)C. The van der Waals surface area contributed by atoms with Crippen LogP contribution in [0.5, 0.6) is 0 Å². The molecule has 6 nitrogen and oxygen atoms in total. The fourth-order valence-electron chi connectivity index (χ4n) is 8.47. The molecule has 10 rings (SSSR count). The molecule has 8 aromatic rings. The molecular weight excluding hydrogens is 747 g/mol. The number of nitrogens with zero attached hydrogens (tertiary/aromatic N) is 4. The van der Waals surface area contributed by atoms with Crippen LogP contribution in [0, 0.1) is 0 Å². The fourth-order valence-corrected chi connectivity index (χ4v) is 8.47. The summed E-state index contributed by atoms with van der Waals surface area (Å²) in [6, 6.07) is 52.0. The highest BCUT2D eigenvalue weighted by molar-refractivity contribution is 6.62. The summed E-state index contributed by atoms with van der Waals surface area (Å²) in [7, 11) is -0.534. The molecule has 2 aromatic heterocycles. The van der Waals surface area contributed by atoms with Crippen LogP contribution in [0.4, 0.5) is 0 Å². The summed E-state index contributed by atoms with van der Waals surface area (Å²) in [5.41, 5.74) is 13.3. The van der Waals surface area contributed by atoms with E-state index in [2.05, 4.69) is 182 Å². The Morgan fingerprint density at radius 3 is 1.46 bits per heavy atom. The zero-order valence-electron chi connectivity index (χ0n) is 35.0. The van der Waals surface area contributed by atoms with Crippen LogP contribution in [0.15, 0.2) is 189 Å². The van der Waals surface area contributed by atoms with Crippen LogP contribution in [0.25, 0.3) is 78.7 Å². The van der Waals surface area contributed by atoms with Crippen LogP contribution in [0.1, 0.15) is 40.5 Å². The molecule has 1 aliphatic heterocycles. The Kier molecular flexibility index (Phi) is 9.86. The topological polar surface area (TPSA) is 54.1 Å². The third kappa shape index (κ3) is 7.30. The molecule has 1 aliphatic carbocycles. The van der Waals surface area contributed by atoms with E-state index < -0.39 is 18.3 Å². The lowest BCUT2D eigenvalue weighted by Gasteiger charge is -2.32. The van der Waals surface area contributed by atoms with Gasteiger partial charge in [-0.2, -0.15) is 0 Å². The van der Waals surface area contributed by atoms with E-state index in [1.807, 2.05) is 43.0 Å². The number of hydrogen-bond donors (Lipinski definition) is 0. The summed E-state index contributed by atoms with van der Waals surface area (Å²) in [6.07, 6.45) is 16.6. The van der Waals surface area contributed by atoms with Gasteiger partial charge in [-0.3, -0.25) is 4.57 Å². The van der Waals surface area contributed by atoms with Crippen molar-refractivity contribution in [2.75, 3.05) is 0 Å². The van der Waals surface area contributed by atoms with E-state index in [-0.39, 0.29) is 0 Å². The van der Waals surface area contributed by atoms with Crippen LogP contribution in [0.2, 0.25) is 0 Å². The number of aromatic nitrogens is 4. The van der Waals surface area contributed by atoms with Crippen molar-refractivity contribution in [2.24, 2.45) is 0 Å². The third-order valence-corrected chi connectivity index (χ3v) is 12.4. The van der Waals surface area contributed by atoms with Crippen LogP contribution in [0.3, 0.4) is 0 Å². The Labute approximate surface area is 358 Å². The maximum atomic E-state index is 6.71. The highest BCUT2D eigenvalue weighted by Crippen LogP contribution is 2.41. The summed E-state index contributed by atoms with van der Waals surface area (Å²) in [5.74, 6) is 1.84. The second kappa shape index (κ2) is 15.7. The van der Waals surface area contributed by atoms with Gasteiger partial charge in [-0.15, -0.1) is 0 Å². The van der Waals surface area contributed by atoms with Gasteiger partial charge in [0, 0.05) is 47.3 Å². The molecule has 0 atom stereocenters. The maximum Gasteiger partial charge on any atom is 0.494 e. The summed E-state index contributed by atoms with van der Waals surface area (Å²) in [5, 5.41) is 0. The van der Waals surface area contributed by atoms with Gasteiger partial charge in [0.05, 0.1) is 11.2 Å². The molecule has 1 saturated heterocycles. The normalized spacial score (nSPS) is 15.5. The second-order valence-corrected chi connectivity index (χ2v) is 16.9. The van der Waals surface area contributed by atoms with Gasteiger partial charge in [0.1, 0.15) is 11.6 Å². The van der Waals surface area contributed by atoms with Crippen molar-refractivity contribution in [3.8, 4) is 73.0 Å². The maximum absolute atomic E-state index is 6.71. The molecule has 0 amide bonds. The minimum Gasteiger partial charge on any atom is -0.399 e. The van der Waals surface area contributed by atoms with Crippen molar-refractivity contribution in [3.05, 3.63) is 189 Å². The minimum atomic E-state index is -0.534. The average molecular weight is 795 g/mol. The van der Waals surface area contributed by atoms with Gasteiger partial charge in [-0.1, -0.05) is 140 Å². The molecule has 0 spiro atoms. The van der Waals surface area contributed by atoms with Gasteiger partial charge in [0.25, 0.3) is 0 Å². The van der Waals surface area contributed by atoms with Crippen LogP contribution in [-0.2, 0) is 9.31 Å². The van der Waals surface area contributed by atoms with E-state index in [0.717, 1.165) is 97.0 Å². The molecule has 7 heteroatoms. The first kappa shape index (κ1) is 38.4. The molecule has 61 heavy (non-hydrogen) atoms. The van der Waals surface area contributed by atoms with Gasteiger partial charge >= 0.3 is 7.12 Å². The number of rotatable bonds is 9. The first-order valence-corrected chi connectivity index (χ1v) is 21.1. The van der Waals surface area contributed by atoms with E-state index >= 15 is 0 Å². The third-order valence-electron chi connectivity index (χ3n) is 12.4. The predicted molar refractivity (Wildman–Crippen MR) is 250 cm³/mol. The Hall–Kier alpha value is -6.80. The lowest BCUT2D eigenvalue weighted by atomic mass is 9.75. The lowest BCUT2D eigenvalue weighted by Crippen LogP contribution is -2.41. The largest absolute Gasteiger partial charge is 0.494 e. The highest BCUT2D eigenvalue weighted by Gasteiger charge is 2.51. The van der Waals surface area contributed by atoms with Gasteiger partial charge < -0.3 is 13.9 Å². The first-order valence-electron chi connectivity index (χ1n) is 21.1. The molecule has 298 valence electrons. The van der Waals surface area contributed by atoms with Crippen molar-refractivity contribution in [1.29, 1.82) is 0 Å². The van der Waals surface area contributed by atoms with Crippen LogP contribution in [-0.4, -0.2) is 37.4 Å². The van der Waals surface area contributed by atoms with Crippen molar-refractivity contribution in [2.45, 2.75) is 51.7 Å². The average Bonchev–Trinajstić information content (AvgIpc) is 4.05. The number of benzene rings is 6. The molecule has 0 N–H and O–H groups in total. The van der Waals surface area contributed by atoms with Crippen molar-refractivity contribution >= 4 is 18.3 Å². The Morgan fingerprint density at radius 2 is 0.951 bits per heavy atom. The Morgan fingerprint density at radius 1 is 0.492 bits per heavy atom. The second-order valence-electron chi connectivity index (χ2n) is 16.9. The van der Waals surface area contributed by atoms with E-state index in [1.165, 1.54) is 0 Å². The highest BCUT2D eigenvalue weighted by atomic mass is 16.7. The quantitative estimate of drug-likeness (QED) is 0.137. The monoisotopic (exact) mass is 794 g/mol. The van der Waals surface area contributed by atoms with Crippen molar-refractivity contribution < 1.29 is 9.31 Å². The first-order chi connectivity index (χ1) is 29.7. The van der Waals surface area contributed by atoms with E-state index in [9.17, 15) is 0 Å². The molecule has 6 aromatic carbocycles. The molecular formula is C54H47BN4O2. The number of allylic oxidation sites excluding steroid dienone is 4. The standard InChI is InChI=1S/C54H47BN4O2/c1-53(2)54(3,4)61-55(60-53)44-36-42(49-21-13-11-19-47(49)38-23-27-40(28-24-38)51-56-31-33-58(51)45-15-7-5-8-16-45)35-43(37-44)50-22-14-12-20-48(50)39-25-29-41(30-26-39)52-57-32-34-59(52)46-17-9-6-10-18-46/h5,7-9,11-37H,6,10H2,1-4H3. The molecule has 2 aliphatic rings. The molecule has 3 heterocycles. The van der Waals surface area contributed by atoms with E-state index in [0.29, 0.717) is 0 Å². The lowest BCUT2D eigenvalue weighted by molar-refractivity contribution is 0.00578. The fraction of sp³-hybridized carbons (Fsp3) is 0.148. The van der Waals surface area contributed by atoms with E-state index in [4.69, 9.17) is 19.3 Å². The molecule has 1 fully saturated rings. The van der Waals surface area contributed by atoms with Gasteiger partial charge in [-0.25, -0.2) is 9.97 Å². The summed E-state index contributed by atoms with van der Waals surface area (Å²) >= 11 is 0. The van der Waals surface area contributed by atoms with Crippen LogP contribution >= 0.6 is 0 Å². The van der Waals surface area contributed by atoms with Crippen LogP contribution < -0.4 is 5.46 Å². The van der Waals surface area contributed by atoms with Gasteiger partial charge in [0.15, 0.2) is 0 Å². The van der Waals surface area contributed by atoms with Crippen molar-refractivity contribution in [3.63, 3.8) is 0 Å². The number of para-hydroxylation sites is 1. The van der Waals surface area contributed by atoms with E-state index in [1.54, 1.807) is 0 Å².